The highest BCUT2D eigenvalue weighted by molar-refractivity contribution is 7.10. The standard InChI is InChI=1S/C17H19N3O2S/c1-18-9-8-13(15-7-4-10-23-15)22-14-6-3-5-12-16(14)17(21)20(2)11-19-12/h3-7,10-11,13,18H,8-9H2,1-2H3/t13-/m1/s1. The third-order valence-electron chi connectivity index (χ3n) is 3.69. The summed E-state index contributed by atoms with van der Waals surface area (Å²) in [6, 6.07) is 9.61. The van der Waals surface area contributed by atoms with E-state index < -0.39 is 0 Å². The molecule has 0 saturated carbocycles. The fraction of sp³-hybridized carbons (Fsp3) is 0.294. The van der Waals surface area contributed by atoms with Gasteiger partial charge in [-0.1, -0.05) is 12.1 Å². The van der Waals surface area contributed by atoms with Crippen molar-refractivity contribution >= 4 is 22.2 Å². The number of thiophene rings is 1. The minimum Gasteiger partial charge on any atom is -0.484 e. The van der Waals surface area contributed by atoms with Gasteiger partial charge < -0.3 is 14.6 Å². The summed E-state index contributed by atoms with van der Waals surface area (Å²) in [5.41, 5.74) is 0.563. The molecule has 3 rings (SSSR count). The lowest BCUT2D eigenvalue weighted by atomic mass is 10.2. The summed E-state index contributed by atoms with van der Waals surface area (Å²) >= 11 is 1.66. The summed E-state index contributed by atoms with van der Waals surface area (Å²) in [7, 11) is 3.62. The van der Waals surface area contributed by atoms with E-state index in [0.29, 0.717) is 16.7 Å². The molecule has 0 bridgehead atoms. The van der Waals surface area contributed by atoms with E-state index >= 15 is 0 Å². The Labute approximate surface area is 138 Å². The molecule has 5 nitrogen and oxygen atoms in total. The van der Waals surface area contributed by atoms with Gasteiger partial charge in [-0.2, -0.15) is 0 Å². The van der Waals surface area contributed by atoms with Crippen LogP contribution in [0.25, 0.3) is 10.9 Å². The van der Waals surface area contributed by atoms with Crippen LogP contribution in [-0.2, 0) is 7.05 Å². The van der Waals surface area contributed by atoms with Crippen LogP contribution in [0.4, 0.5) is 0 Å². The lowest BCUT2D eigenvalue weighted by molar-refractivity contribution is 0.201. The first kappa shape index (κ1) is 15.7. The zero-order valence-electron chi connectivity index (χ0n) is 13.2. The predicted molar refractivity (Wildman–Crippen MR) is 93.2 cm³/mol. The highest BCUT2D eigenvalue weighted by atomic mass is 32.1. The topological polar surface area (TPSA) is 56.1 Å². The Morgan fingerprint density at radius 3 is 2.96 bits per heavy atom. The van der Waals surface area contributed by atoms with Crippen LogP contribution in [0.1, 0.15) is 17.4 Å². The van der Waals surface area contributed by atoms with E-state index in [2.05, 4.69) is 16.4 Å². The van der Waals surface area contributed by atoms with E-state index in [9.17, 15) is 4.79 Å². The Balaban J connectivity index is 2.02. The minimum absolute atomic E-state index is 0.0852. The van der Waals surface area contributed by atoms with Crippen molar-refractivity contribution in [3.8, 4) is 5.75 Å². The van der Waals surface area contributed by atoms with Crippen molar-refractivity contribution in [1.29, 1.82) is 0 Å². The van der Waals surface area contributed by atoms with Crippen LogP contribution in [0, 0.1) is 0 Å². The van der Waals surface area contributed by atoms with Crippen molar-refractivity contribution in [3.63, 3.8) is 0 Å². The number of aryl methyl sites for hydroxylation is 1. The van der Waals surface area contributed by atoms with E-state index in [1.54, 1.807) is 18.4 Å². The van der Waals surface area contributed by atoms with Gasteiger partial charge in [-0.3, -0.25) is 4.79 Å². The minimum atomic E-state index is -0.0934. The average Bonchev–Trinajstić information content (AvgIpc) is 3.09. The second-order valence-corrected chi connectivity index (χ2v) is 6.30. The molecule has 0 unspecified atom stereocenters. The number of benzene rings is 1. The summed E-state index contributed by atoms with van der Waals surface area (Å²) in [4.78, 5) is 17.9. The Morgan fingerprint density at radius 2 is 2.22 bits per heavy atom. The highest BCUT2D eigenvalue weighted by Crippen LogP contribution is 2.30. The molecule has 2 heterocycles. The van der Waals surface area contributed by atoms with E-state index in [0.717, 1.165) is 17.8 Å². The molecule has 0 aliphatic rings. The van der Waals surface area contributed by atoms with E-state index in [-0.39, 0.29) is 11.7 Å². The molecule has 0 fully saturated rings. The molecule has 2 aromatic heterocycles. The summed E-state index contributed by atoms with van der Waals surface area (Å²) in [5.74, 6) is 0.589. The highest BCUT2D eigenvalue weighted by Gasteiger charge is 2.17. The SMILES string of the molecule is CNCC[C@@H](Oc1cccc2ncn(C)c(=O)c12)c1cccs1. The molecule has 3 aromatic rings. The Bertz CT molecular complexity index is 843. The number of hydrogen-bond acceptors (Lipinski definition) is 5. The normalized spacial score (nSPS) is 12.4. The van der Waals surface area contributed by atoms with Gasteiger partial charge in [0, 0.05) is 18.3 Å². The van der Waals surface area contributed by atoms with Gasteiger partial charge in [-0.05, 0) is 37.2 Å². The molecule has 0 saturated heterocycles. The van der Waals surface area contributed by atoms with Gasteiger partial charge in [0.1, 0.15) is 17.2 Å². The van der Waals surface area contributed by atoms with Crippen molar-refractivity contribution in [1.82, 2.24) is 14.9 Å². The van der Waals surface area contributed by atoms with E-state index in [1.807, 2.05) is 36.7 Å². The maximum absolute atomic E-state index is 12.5. The van der Waals surface area contributed by atoms with Gasteiger partial charge in [-0.15, -0.1) is 11.3 Å². The molecular weight excluding hydrogens is 310 g/mol. The monoisotopic (exact) mass is 329 g/mol. The maximum atomic E-state index is 12.5. The molecule has 6 heteroatoms. The van der Waals surface area contributed by atoms with Crippen LogP contribution in [0.15, 0.2) is 46.8 Å². The molecule has 0 amide bonds. The molecule has 23 heavy (non-hydrogen) atoms. The number of nitrogens with zero attached hydrogens (tertiary/aromatic N) is 2. The molecule has 0 aliphatic carbocycles. The van der Waals surface area contributed by atoms with Crippen molar-refractivity contribution in [3.05, 3.63) is 57.3 Å². The number of hydrogen-bond donors (Lipinski definition) is 1. The average molecular weight is 329 g/mol. The van der Waals surface area contributed by atoms with Gasteiger partial charge in [-0.25, -0.2) is 4.98 Å². The number of aromatic nitrogens is 2. The molecular formula is C17H19N3O2S. The van der Waals surface area contributed by atoms with Crippen LogP contribution in [0.2, 0.25) is 0 Å². The second-order valence-electron chi connectivity index (χ2n) is 5.33. The number of ether oxygens (including phenoxy) is 1. The predicted octanol–water partition coefficient (Wildman–Crippen LogP) is 2.72. The van der Waals surface area contributed by atoms with Crippen molar-refractivity contribution < 1.29 is 4.74 Å². The van der Waals surface area contributed by atoms with Crippen LogP contribution < -0.4 is 15.6 Å². The zero-order chi connectivity index (χ0) is 16.2. The fourth-order valence-electron chi connectivity index (χ4n) is 2.48. The summed E-state index contributed by atoms with van der Waals surface area (Å²) in [5, 5.41) is 5.72. The number of rotatable bonds is 6. The summed E-state index contributed by atoms with van der Waals surface area (Å²) < 4.78 is 7.70. The summed E-state index contributed by atoms with van der Waals surface area (Å²) in [6.45, 7) is 0.837. The van der Waals surface area contributed by atoms with Crippen molar-refractivity contribution in [2.45, 2.75) is 12.5 Å². The second kappa shape index (κ2) is 6.93. The Morgan fingerprint density at radius 1 is 1.35 bits per heavy atom. The van der Waals surface area contributed by atoms with Crippen LogP contribution >= 0.6 is 11.3 Å². The third-order valence-corrected chi connectivity index (χ3v) is 4.66. The molecule has 0 spiro atoms. The Kier molecular flexibility index (Phi) is 4.73. The molecule has 1 N–H and O–H groups in total. The van der Waals surface area contributed by atoms with Gasteiger partial charge in [0.2, 0.25) is 0 Å². The van der Waals surface area contributed by atoms with Crippen LogP contribution in [-0.4, -0.2) is 23.1 Å². The first-order chi connectivity index (χ1) is 11.2. The molecule has 0 aliphatic heterocycles. The molecule has 0 radical (unpaired) electrons. The molecule has 120 valence electrons. The zero-order valence-corrected chi connectivity index (χ0v) is 14.0. The lowest BCUT2D eigenvalue weighted by Crippen LogP contribution is -2.19. The molecule has 1 aromatic carbocycles. The van der Waals surface area contributed by atoms with Crippen molar-refractivity contribution in [2.24, 2.45) is 7.05 Å². The fourth-order valence-corrected chi connectivity index (χ4v) is 3.27. The smallest absolute Gasteiger partial charge is 0.264 e. The van der Waals surface area contributed by atoms with Crippen molar-refractivity contribution in [2.75, 3.05) is 13.6 Å². The maximum Gasteiger partial charge on any atom is 0.264 e. The summed E-state index contributed by atoms with van der Waals surface area (Å²) in [6.07, 6.45) is 2.28. The molecule has 1 atom stereocenters. The van der Waals surface area contributed by atoms with E-state index in [1.165, 1.54) is 10.9 Å². The Hall–Kier alpha value is -2.18. The lowest BCUT2D eigenvalue weighted by Gasteiger charge is -2.19. The quantitative estimate of drug-likeness (QED) is 0.755. The number of nitrogens with one attached hydrogen (secondary N) is 1. The first-order valence-corrected chi connectivity index (χ1v) is 8.37. The third kappa shape index (κ3) is 3.28. The van der Waals surface area contributed by atoms with Gasteiger partial charge >= 0.3 is 0 Å². The van der Waals surface area contributed by atoms with E-state index in [4.69, 9.17) is 4.74 Å². The first-order valence-electron chi connectivity index (χ1n) is 7.49. The van der Waals surface area contributed by atoms with Gasteiger partial charge in [0.05, 0.1) is 11.8 Å². The van der Waals surface area contributed by atoms with Gasteiger partial charge in [0.25, 0.3) is 5.56 Å². The van der Waals surface area contributed by atoms with Crippen LogP contribution in [0.3, 0.4) is 0 Å². The van der Waals surface area contributed by atoms with Gasteiger partial charge in [0.15, 0.2) is 0 Å². The largest absolute Gasteiger partial charge is 0.484 e. The number of fused-ring (bicyclic) bond motifs is 1. The van der Waals surface area contributed by atoms with Crippen LogP contribution in [0.5, 0.6) is 5.75 Å².